The van der Waals surface area contributed by atoms with Crippen LogP contribution in [-0.2, 0) is 12.8 Å². The molecule has 2 N–H and O–H groups in total. The van der Waals surface area contributed by atoms with E-state index in [0.29, 0.717) is 10.1 Å². The van der Waals surface area contributed by atoms with Crippen molar-refractivity contribution in [3.05, 3.63) is 64.0 Å². The lowest BCUT2D eigenvalue weighted by atomic mass is 10.0. The number of aryl methyl sites for hydroxylation is 2. The van der Waals surface area contributed by atoms with Crippen LogP contribution in [-0.4, -0.2) is 10.1 Å². The van der Waals surface area contributed by atoms with Crippen molar-refractivity contribution in [2.45, 2.75) is 19.3 Å². The Labute approximate surface area is 161 Å². The molecule has 0 radical (unpaired) electrons. The van der Waals surface area contributed by atoms with E-state index >= 15 is 0 Å². The van der Waals surface area contributed by atoms with Crippen LogP contribution in [0.25, 0.3) is 11.3 Å². The number of nitrogens with one attached hydrogen (secondary N) is 2. The summed E-state index contributed by atoms with van der Waals surface area (Å²) < 4.78 is 0. The lowest BCUT2D eigenvalue weighted by Crippen LogP contribution is -2.18. The third kappa shape index (κ3) is 3.68. The number of fused-ring (bicyclic) bond motifs is 3. The number of thiazole rings is 1. The van der Waals surface area contributed by atoms with Gasteiger partial charge in [0.25, 0.3) is 0 Å². The molecule has 3 aromatic rings. The van der Waals surface area contributed by atoms with E-state index in [9.17, 15) is 0 Å². The SMILES string of the molecule is S=C(Nc1ccc(Cl)cc1)Nc1nc2c(s1)CCCc1ccccc1-2. The van der Waals surface area contributed by atoms with Crippen LogP contribution in [0.4, 0.5) is 10.8 Å². The average Bonchev–Trinajstić information content (AvgIpc) is 2.91. The molecule has 0 unspecified atom stereocenters. The second-order valence-corrected chi connectivity index (χ2v) is 7.82. The minimum absolute atomic E-state index is 0.527. The lowest BCUT2D eigenvalue weighted by molar-refractivity contribution is 0.843. The summed E-state index contributed by atoms with van der Waals surface area (Å²) in [6.45, 7) is 0. The summed E-state index contributed by atoms with van der Waals surface area (Å²) >= 11 is 13.0. The summed E-state index contributed by atoms with van der Waals surface area (Å²) in [6.07, 6.45) is 3.32. The van der Waals surface area contributed by atoms with E-state index in [1.165, 1.54) is 16.0 Å². The monoisotopic (exact) mass is 385 g/mol. The number of halogens is 1. The van der Waals surface area contributed by atoms with E-state index in [1.807, 2.05) is 24.3 Å². The molecule has 3 nitrogen and oxygen atoms in total. The van der Waals surface area contributed by atoms with Gasteiger partial charge < -0.3 is 10.6 Å². The van der Waals surface area contributed by atoms with Crippen molar-refractivity contribution in [2.75, 3.05) is 10.6 Å². The van der Waals surface area contributed by atoms with E-state index in [4.69, 9.17) is 28.8 Å². The molecule has 1 aromatic heterocycles. The summed E-state index contributed by atoms with van der Waals surface area (Å²) in [4.78, 5) is 6.13. The Balaban J connectivity index is 1.54. The molecule has 0 fully saturated rings. The van der Waals surface area contributed by atoms with E-state index in [0.717, 1.165) is 35.8 Å². The number of hydrogen-bond acceptors (Lipinski definition) is 3. The predicted molar refractivity (Wildman–Crippen MR) is 111 cm³/mol. The number of rotatable bonds is 2. The van der Waals surface area contributed by atoms with Gasteiger partial charge in [0.1, 0.15) is 0 Å². The van der Waals surface area contributed by atoms with Gasteiger partial charge in [-0.25, -0.2) is 4.98 Å². The van der Waals surface area contributed by atoms with Crippen molar-refractivity contribution >= 4 is 51.1 Å². The molecule has 0 saturated carbocycles. The summed E-state index contributed by atoms with van der Waals surface area (Å²) in [6, 6.07) is 16.0. The fraction of sp³-hybridized carbons (Fsp3) is 0.158. The molecule has 25 heavy (non-hydrogen) atoms. The van der Waals surface area contributed by atoms with Gasteiger partial charge in [0.2, 0.25) is 0 Å². The van der Waals surface area contributed by atoms with Crippen LogP contribution < -0.4 is 10.6 Å². The number of benzene rings is 2. The second-order valence-electron chi connectivity index (χ2n) is 5.89. The molecular formula is C19H16ClN3S2. The van der Waals surface area contributed by atoms with Gasteiger partial charge in [-0.05, 0) is 61.3 Å². The minimum atomic E-state index is 0.527. The summed E-state index contributed by atoms with van der Waals surface area (Å²) in [5.74, 6) is 0. The van der Waals surface area contributed by atoms with Crippen LogP contribution in [0.2, 0.25) is 5.02 Å². The van der Waals surface area contributed by atoms with Crippen molar-refractivity contribution in [3.63, 3.8) is 0 Å². The van der Waals surface area contributed by atoms with Crippen LogP contribution in [0.1, 0.15) is 16.9 Å². The molecule has 0 aliphatic heterocycles. The Morgan fingerprint density at radius 3 is 2.68 bits per heavy atom. The standard InChI is InChI=1S/C19H16ClN3S2/c20-13-8-10-14(11-9-13)21-18(24)23-19-22-17-15-6-2-1-4-12(15)5-3-7-16(17)25-19/h1-2,4,6,8-11H,3,5,7H2,(H2,21,22,23,24). The van der Waals surface area contributed by atoms with Gasteiger partial charge >= 0.3 is 0 Å². The quantitative estimate of drug-likeness (QED) is 0.550. The molecule has 4 rings (SSSR count). The summed E-state index contributed by atoms with van der Waals surface area (Å²) in [7, 11) is 0. The van der Waals surface area contributed by atoms with Crippen LogP contribution in [0.15, 0.2) is 48.5 Å². The highest BCUT2D eigenvalue weighted by Crippen LogP contribution is 2.37. The molecular weight excluding hydrogens is 370 g/mol. The first-order chi connectivity index (χ1) is 12.2. The van der Waals surface area contributed by atoms with Crippen LogP contribution in [0, 0.1) is 0 Å². The highest BCUT2D eigenvalue weighted by molar-refractivity contribution is 7.80. The van der Waals surface area contributed by atoms with Crippen molar-refractivity contribution in [3.8, 4) is 11.3 Å². The van der Waals surface area contributed by atoms with E-state index in [-0.39, 0.29) is 0 Å². The number of aromatic nitrogens is 1. The maximum Gasteiger partial charge on any atom is 0.189 e. The Bertz CT molecular complexity index is 919. The van der Waals surface area contributed by atoms with Crippen molar-refractivity contribution < 1.29 is 0 Å². The van der Waals surface area contributed by atoms with Gasteiger partial charge in [-0.1, -0.05) is 35.9 Å². The van der Waals surface area contributed by atoms with Crippen molar-refractivity contribution in [1.82, 2.24) is 4.98 Å². The van der Waals surface area contributed by atoms with Crippen molar-refractivity contribution in [1.29, 1.82) is 0 Å². The number of nitrogens with zero attached hydrogens (tertiary/aromatic N) is 1. The van der Waals surface area contributed by atoms with E-state index < -0.39 is 0 Å². The maximum absolute atomic E-state index is 5.91. The topological polar surface area (TPSA) is 37.0 Å². The third-order valence-corrected chi connectivity index (χ3v) is 5.63. The molecule has 126 valence electrons. The van der Waals surface area contributed by atoms with Gasteiger partial charge in [-0.2, -0.15) is 0 Å². The molecule has 2 aromatic carbocycles. The van der Waals surface area contributed by atoms with Crippen LogP contribution >= 0.6 is 35.2 Å². The first-order valence-electron chi connectivity index (χ1n) is 8.10. The first kappa shape index (κ1) is 16.5. The smallest absolute Gasteiger partial charge is 0.189 e. The Morgan fingerprint density at radius 2 is 1.84 bits per heavy atom. The Morgan fingerprint density at radius 1 is 1.04 bits per heavy atom. The number of thiocarbonyl (C=S) groups is 1. The molecule has 0 spiro atoms. The zero-order valence-corrected chi connectivity index (χ0v) is 15.8. The Hall–Kier alpha value is -1.95. The van der Waals surface area contributed by atoms with Gasteiger partial charge in [0.15, 0.2) is 10.2 Å². The maximum atomic E-state index is 5.91. The highest BCUT2D eigenvalue weighted by atomic mass is 35.5. The number of hydrogen-bond donors (Lipinski definition) is 2. The average molecular weight is 386 g/mol. The fourth-order valence-electron chi connectivity index (χ4n) is 2.99. The molecule has 1 aliphatic rings. The minimum Gasteiger partial charge on any atom is -0.332 e. The summed E-state index contributed by atoms with van der Waals surface area (Å²) in [5, 5.41) is 8.42. The van der Waals surface area contributed by atoms with E-state index in [1.54, 1.807) is 11.3 Å². The zero-order chi connectivity index (χ0) is 17.2. The highest BCUT2D eigenvalue weighted by Gasteiger charge is 2.19. The lowest BCUT2D eigenvalue weighted by Gasteiger charge is -2.08. The fourth-order valence-corrected chi connectivity index (χ4v) is 4.41. The van der Waals surface area contributed by atoms with Crippen molar-refractivity contribution in [2.24, 2.45) is 0 Å². The second kappa shape index (κ2) is 7.12. The van der Waals surface area contributed by atoms with Gasteiger partial charge in [0, 0.05) is 21.2 Å². The Kier molecular flexibility index (Phi) is 4.70. The number of anilines is 2. The molecule has 0 atom stereocenters. The normalized spacial score (nSPS) is 12.7. The molecule has 0 amide bonds. The molecule has 6 heteroatoms. The molecule has 0 saturated heterocycles. The van der Waals surface area contributed by atoms with E-state index in [2.05, 4.69) is 34.9 Å². The largest absolute Gasteiger partial charge is 0.332 e. The summed E-state index contributed by atoms with van der Waals surface area (Å²) in [5.41, 5.74) is 4.61. The van der Waals surface area contributed by atoms with Gasteiger partial charge in [-0.3, -0.25) is 0 Å². The van der Waals surface area contributed by atoms with Crippen LogP contribution in [0.5, 0.6) is 0 Å². The molecule has 1 heterocycles. The third-order valence-electron chi connectivity index (χ3n) is 4.14. The van der Waals surface area contributed by atoms with Gasteiger partial charge in [-0.15, -0.1) is 11.3 Å². The van der Waals surface area contributed by atoms with Crippen LogP contribution in [0.3, 0.4) is 0 Å². The van der Waals surface area contributed by atoms with Gasteiger partial charge in [0.05, 0.1) is 5.69 Å². The first-order valence-corrected chi connectivity index (χ1v) is 9.71. The molecule has 0 bridgehead atoms. The molecule has 1 aliphatic carbocycles. The predicted octanol–water partition coefficient (Wildman–Crippen LogP) is 5.76. The zero-order valence-electron chi connectivity index (χ0n) is 13.4.